The Bertz CT molecular complexity index is 567. The Morgan fingerprint density at radius 1 is 1.38 bits per heavy atom. The van der Waals surface area contributed by atoms with Crippen LogP contribution in [0, 0.1) is 5.92 Å². The second-order valence-electron chi connectivity index (χ2n) is 5.71. The van der Waals surface area contributed by atoms with Crippen LogP contribution in [0.3, 0.4) is 0 Å². The molecular weight excluding hydrogens is 316 g/mol. The molecule has 0 radical (unpaired) electrons. The fourth-order valence-electron chi connectivity index (χ4n) is 2.36. The van der Waals surface area contributed by atoms with E-state index in [0.29, 0.717) is 35.8 Å². The molecule has 0 amide bonds. The van der Waals surface area contributed by atoms with Gasteiger partial charge in [-0.05, 0) is 32.3 Å². The summed E-state index contributed by atoms with van der Waals surface area (Å²) in [7, 11) is 0. The first-order chi connectivity index (χ1) is 11.5. The highest BCUT2D eigenvalue weighted by molar-refractivity contribution is 5.80. The molecular formula is C17H25F2N3O2. The van der Waals surface area contributed by atoms with Crippen molar-refractivity contribution < 1.29 is 18.3 Å². The molecule has 1 saturated carbocycles. The largest absolute Gasteiger partial charge is 0.490 e. The lowest BCUT2D eigenvalue weighted by Crippen LogP contribution is -2.39. The average Bonchev–Trinajstić information content (AvgIpc) is 3.22. The van der Waals surface area contributed by atoms with Crippen LogP contribution in [-0.4, -0.2) is 31.8 Å². The van der Waals surface area contributed by atoms with E-state index in [9.17, 15) is 8.78 Å². The Morgan fingerprint density at radius 2 is 2.12 bits per heavy atom. The summed E-state index contributed by atoms with van der Waals surface area (Å²) in [5.41, 5.74) is 0.558. The van der Waals surface area contributed by atoms with Crippen LogP contribution in [0.1, 0.15) is 32.8 Å². The number of nitrogens with zero attached hydrogens (tertiary/aromatic N) is 1. The van der Waals surface area contributed by atoms with Crippen molar-refractivity contribution in [3.63, 3.8) is 0 Å². The maximum absolute atomic E-state index is 12.7. The van der Waals surface area contributed by atoms with Gasteiger partial charge in [0.15, 0.2) is 17.5 Å². The number of hydrogen-bond acceptors (Lipinski definition) is 3. The lowest BCUT2D eigenvalue weighted by Gasteiger charge is -2.15. The molecule has 0 aliphatic heterocycles. The molecule has 0 aromatic heterocycles. The zero-order valence-electron chi connectivity index (χ0n) is 14.3. The van der Waals surface area contributed by atoms with Crippen molar-refractivity contribution in [1.29, 1.82) is 0 Å². The molecule has 0 spiro atoms. The van der Waals surface area contributed by atoms with Gasteiger partial charge < -0.3 is 20.1 Å². The minimum Gasteiger partial charge on any atom is -0.490 e. The van der Waals surface area contributed by atoms with Crippen molar-refractivity contribution in [2.24, 2.45) is 10.9 Å². The first-order valence-corrected chi connectivity index (χ1v) is 8.29. The predicted molar refractivity (Wildman–Crippen MR) is 89.8 cm³/mol. The molecule has 2 N–H and O–H groups in total. The first-order valence-electron chi connectivity index (χ1n) is 8.29. The van der Waals surface area contributed by atoms with Crippen LogP contribution in [0.4, 0.5) is 8.78 Å². The molecule has 0 saturated heterocycles. The highest BCUT2D eigenvalue weighted by atomic mass is 19.3. The summed E-state index contributed by atoms with van der Waals surface area (Å²) < 4.78 is 35.5. The summed E-state index contributed by atoms with van der Waals surface area (Å²) >= 11 is 0. The maximum atomic E-state index is 12.7. The smallest absolute Gasteiger partial charge is 0.387 e. The zero-order chi connectivity index (χ0) is 17.5. The molecule has 1 aliphatic carbocycles. The summed E-state index contributed by atoms with van der Waals surface area (Å²) in [5, 5.41) is 6.49. The van der Waals surface area contributed by atoms with E-state index in [1.54, 1.807) is 25.1 Å². The Kier molecular flexibility index (Phi) is 6.63. The Balaban J connectivity index is 2.16. The third kappa shape index (κ3) is 5.25. The second kappa shape index (κ2) is 8.70. The van der Waals surface area contributed by atoms with Crippen LogP contribution >= 0.6 is 0 Å². The fourth-order valence-corrected chi connectivity index (χ4v) is 2.36. The number of nitrogens with one attached hydrogen (secondary N) is 2. The third-order valence-electron chi connectivity index (χ3n) is 3.75. The number of ether oxygens (including phenoxy) is 2. The van der Waals surface area contributed by atoms with Gasteiger partial charge in [-0.3, -0.25) is 0 Å². The predicted octanol–water partition coefficient (Wildman–Crippen LogP) is 3.15. The van der Waals surface area contributed by atoms with E-state index in [-0.39, 0.29) is 12.3 Å². The van der Waals surface area contributed by atoms with Crippen molar-refractivity contribution >= 4 is 5.96 Å². The van der Waals surface area contributed by atoms with E-state index < -0.39 is 6.61 Å². The van der Waals surface area contributed by atoms with Crippen LogP contribution in [0.5, 0.6) is 11.5 Å². The minimum atomic E-state index is -2.91. The zero-order valence-corrected chi connectivity index (χ0v) is 14.3. The SMILES string of the molecule is CCNC(=NCc1cccc(OCC)c1OC(F)F)NC1CC1C. The molecule has 5 nitrogen and oxygen atoms in total. The van der Waals surface area contributed by atoms with Gasteiger partial charge in [-0.25, -0.2) is 4.99 Å². The van der Waals surface area contributed by atoms with E-state index in [2.05, 4.69) is 27.3 Å². The lowest BCUT2D eigenvalue weighted by molar-refractivity contribution is -0.0520. The summed E-state index contributed by atoms with van der Waals surface area (Å²) in [5.74, 6) is 1.66. The van der Waals surface area contributed by atoms with Crippen molar-refractivity contribution in [2.75, 3.05) is 13.2 Å². The number of benzene rings is 1. The van der Waals surface area contributed by atoms with Crippen LogP contribution in [0.2, 0.25) is 0 Å². The number of guanidine groups is 1. The van der Waals surface area contributed by atoms with Crippen molar-refractivity contribution in [3.8, 4) is 11.5 Å². The van der Waals surface area contributed by atoms with E-state index in [0.717, 1.165) is 13.0 Å². The van der Waals surface area contributed by atoms with Gasteiger partial charge >= 0.3 is 6.61 Å². The van der Waals surface area contributed by atoms with Gasteiger partial charge in [0.25, 0.3) is 0 Å². The average molecular weight is 341 g/mol. The molecule has 1 fully saturated rings. The third-order valence-corrected chi connectivity index (χ3v) is 3.75. The molecule has 7 heteroatoms. The van der Waals surface area contributed by atoms with E-state index in [1.807, 2.05) is 6.92 Å². The number of para-hydroxylation sites is 1. The summed E-state index contributed by atoms with van der Waals surface area (Å²) in [6, 6.07) is 5.50. The molecule has 2 rings (SSSR count). The monoisotopic (exact) mass is 341 g/mol. The van der Waals surface area contributed by atoms with E-state index >= 15 is 0 Å². The van der Waals surface area contributed by atoms with Crippen molar-refractivity contribution in [2.45, 2.75) is 46.4 Å². The van der Waals surface area contributed by atoms with Gasteiger partial charge in [0.05, 0.1) is 13.2 Å². The molecule has 1 aromatic carbocycles. The molecule has 0 heterocycles. The normalized spacial score (nSPS) is 20.0. The van der Waals surface area contributed by atoms with E-state index in [4.69, 9.17) is 4.74 Å². The van der Waals surface area contributed by atoms with Crippen LogP contribution < -0.4 is 20.1 Å². The van der Waals surface area contributed by atoms with Gasteiger partial charge in [-0.1, -0.05) is 19.1 Å². The maximum Gasteiger partial charge on any atom is 0.387 e. The minimum absolute atomic E-state index is 0.0498. The highest BCUT2D eigenvalue weighted by Crippen LogP contribution is 2.33. The topological polar surface area (TPSA) is 54.9 Å². The Hall–Kier alpha value is -2.05. The Morgan fingerprint density at radius 3 is 2.71 bits per heavy atom. The second-order valence-corrected chi connectivity index (χ2v) is 5.71. The molecule has 134 valence electrons. The number of aliphatic imine (C=N–C) groups is 1. The van der Waals surface area contributed by atoms with Crippen molar-refractivity contribution in [3.05, 3.63) is 23.8 Å². The molecule has 24 heavy (non-hydrogen) atoms. The fraction of sp³-hybridized carbons (Fsp3) is 0.588. The molecule has 1 aliphatic rings. The Labute approximate surface area is 141 Å². The lowest BCUT2D eigenvalue weighted by atomic mass is 10.2. The van der Waals surface area contributed by atoms with Gasteiger partial charge in [-0.15, -0.1) is 0 Å². The van der Waals surface area contributed by atoms with Gasteiger partial charge in [0.2, 0.25) is 0 Å². The summed E-state index contributed by atoms with van der Waals surface area (Å²) in [6.45, 7) is 4.35. The van der Waals surface area contributed by atoms with E-state index in [1.165, 1.54) is 0 Å². The van der Waals surface area contributed by atoms with Gasteiger partial charge in [0.1, 0.15) is 0 Å². The molecule has 1 aromatic rings. The number of hydrogen-bond donors (Lipinski definition) is 2. The first kappa shape index (κ1) is 18.3. The number of halogens is 2. The number of rotatable bonds is 8. The summed E-state index contributed by atoms with van der Waals surface area (Å²) in [4.78, 5) is 4.48. The van der Waals surface area contributed by atoms with Gasteiger partial charge in [0, 0.05) is 18.2 Å². The highest BCUT2D eigenvalue weighted by Gasteiger charge is 2.33. The van der Waals surface area contributed by atoms with Crippen LogP contribution in [-0.2, 0) is 6.54 Å². The van der Waals surface area contributed by atoms with Crippen LogP contribution in [0.15, 0.2) is 23.2 Å². The van der Waals surface area contributed by atoms with Crippen LogP contribution in [0.25, 0.3) is 0 Å². The quantitative estimate of drug-likeness (QED) is 0.563. The molecule has 0 bridgehead atoms. The molecule has 2 atom stereocenters. The summed E-state index contributed by atoms with van der Waals surface area (Å²) in [6.07, 6.45) is 1.12. The van der Waals surface area contributed by atoms with Crippen molar-refractivity contribution in [1.82, 2.24) is 10.6 Å². The number of alkyl halides is 2. The standard InChI is InChI=1S/C17H25F2N3O2/c1-4-20-17(22-13-9-11(13)3)21-10-12-7-6-8-14(23-5-2)15(12)24-16(18)19/h6-8,11,13,16H,4-5,9-10H2,1-3H3,(H2,20,21,22). The molecule has 2 unspecified atom stereocenters. The van der Waals surface area contributed by atoms with Gasteiger partial charge in [-0.2, -0.15) is 8.78 Å².